The molecule has 0 saturated heterocycles. The molecule has 2 atom stereocenters. The van der Waals surface area contributed by atoms with Crippen LogP contribution in [0.2, 0.25) is 0 Å². The van der Waals surface area contributed by atoms with Crippen molar-refractivity contribution in [2.75, 3.05) is 31.3 Å². The van der Waals surface area contributed by atoms with Gasteiger partial charge in [0.05, 0.1) is 38.4 Å². The summed E-state index contributed by atoms with van der Waals surface area (Å²) in [6.07, 6.45) is -0.372. The lowest BCUT2D eigenvalue weighted by Crippen LogP contribution is -2.18. The van der Waals surface area contributed by atoms with Crippen LogP contribution in [0.5, 0.6) is 5.75 Å². The minimum Gasteiger partial charge on any atom is -0.507 e. The van der Waals surface area contributed by atoms with E-state index in [-0.39, 0.29) is 30.2 Å². The van der Waals surface area contributed by atoms with Crippen LogP contribution in [0.1, 0.15) is 63.3 Å². The van der Waals surface area contributed by atoms with Gasteiger partial charge in [-0.1, -0.05) is 27.7 Å². The van der Waals surface area contributed by atoms with Gasteiger partial charge >= 0.3 is 5.97 Å². The second kappa shape index (κ2) is 12.4. The molecular weight excluding hydrogens is 392 g/mol. The summed E-state index contributed by atoms with van der Waals surface area (Å²) in [5.41, 5.74) is 2.12. The maximum Gasteiger partial charge on any atom is 0.308 e. The third-order valence-corrected chi connectivity index (χ3v) is 5.47. The first-order valence-electron chi connectivity index (χ1n) is 10.1. The zero-order valence-corrected chi connectivity index (χ0v) is 19.1. The van der Waals surface area contributed by atoms with E-state index in [1.807, 2.05) is 46.8 Å². The first-order chi connectivity index (χ1) is 13.6. The van der Waals surface area contributed by atoms with Crippen LogP contribution in [0.15, 0.2) is 12.1 Å². The predicted molar refractivity (Wildman–Crippen MR) is 117 cm³/mol. The average molecular weight is 429 g/mol. The molecule has 0 spiro atoms. The molecule has 29 heavy (non-hydrogen) atoms. The zero-order valence-electron chi connectivity index (χ0n) is 18.2. The highest BCUT2D eigenvalue weighted by Gasteiger charge is 2.24. The van der Waals surface area contributed by atoms with E-state index in [9.17, 15) is 15.0 Å². The molecule has 7 heteroatoms. The number of hydrogen-bond acceptors (Lipinski definition) is 7. The van der Waals surface area contributed by atoms with Gasteiger partial charge in [0.25, 0.3) is 0 Å². The van der Waals surface area contributed by atoms with Gasteiger partial charge in [0.2, 0.25) is 0 Å². The molecule has 3 N–H and O–H groups in total. The largest absolute Gasteiger partial charge is 0.507 e. The van der Waals surface area contributed by atoms with Crippen LogP contribution in [0.3, 0.4) is 0 Å². The third-order valence-electron chi connectivity index (χ3n) is 4.39. The summed E-state index contributed by atoms with van der Waals surface area (Å²) >= 11 is 1.48. The minimum atomic E-state index is -0.742. The van der Waals surface area contributed by atoms with Crippen molar-refractivity contribution in [1.82, 2.24) is 0 Å². The molecule has 0 amide bonds. The van der Waals surface area contributed by atoms with Gasteiger partial charge in [-0.25, -0.2) is 0 Å². The number of thioether (sulfide) groups is 1. The summed E-state index contributed by atoms with van der Waals surface area (Å²) in [5.74, 6) is 1.00. The molecule has 166 valence electrons. The highest BCUT2D eigenvalue weighted by Crippen LogP contribution is 2.37. The molecule has 1 aromatic carbocycles. The molecule has 0 aliphatic carbocycles. The Morgan fingerprint density at radius 3 is 2.52 bits per heavy atom. The predicted octanol–water partition coefficient (Wildman–Crippen LogP) is 3.49. The van der Waals surface area contributed by atoms with Crippen LogP contribution in [-0.2, 0) is 19.7 Å². The number of esters is 1. The van der Waals surface area contributed by atoms with Crippen LogP contribution in [0.25, 0.3) is 0 Å². The quantitative estimate of drug-likeness (QED) is 0.346. The van der Waals surface area contributed by atoms with Crippen molar-refractivity contribution in [2.45, 2.75) is 65.1 Å². The SMILES string of the molecule is CCCOC(=O)CC(OCCSCC(O)CO)c1cc(C)c(O)c(C(C)(C)C)c1. The second-order valence-corrected chi connectivity index (χ2v) is 9.33. The van der Waals surface area contributed by atoms with E-state index in [0.717, 1.165) is 23.1 Å². The molecule has 6 nitrogen and oxygen atoms in total. The third kappa shape index (κ3) is 8.95. The first-order valence-corrected chi connectivity index (χ1v) is 11.2. The number of phenols is 1. The van der Waals surface area contributed by atoms with Crippen molar-refractivity contribution >= 4 is 17.7 Å². The number of ether oxygens (including phenoxy) is 2. The summed E-state index contributed by atoms with van der Waals surface area (Å²) < 4.78 is 11.2. The van der Waals surface area contributed by atoms with Gasteiger partial charge in [-0.15, -0.1) is 0 Å². The first kappa shape index (κ1) is 25.8. The van der Waals surface area contributed by atoms with Crippen molar-refractivity contribution in [3.63, 3.8) is 0 Å². The standard InChI is InChI=1S/C22H36O6S/c1-6-7-28-20(25)12-19(27-8-9-29-14-17(24)13-23)16-10-15(2)21(26)18(11-16)22(3,4)5/h10-11,17,19,23-24,26H,6-9,12-14H2,1-5H3. The van der Waals surface area contributed by atoms with E-state index in [4.69, 9.17) is 14.6 Å². The van der Waals surface area contributed by atoms with Crippen LogP contribution in [0, 0.1) is 6.92 Å². The van der Waals surface area contributed by atoms with Crippen molar-refractivity contribution in [3.05, 3.63) is 28.8 Å². The monoisotopic (exact) mass is 428 g/mol. The number of aliphatic hydroxyl groups is 2. The summed E-state index contributed by atoms with van der Waals surface area (Å²) in [5, 5.41) is 28.8. The van der Waals surface area contributed by atoms with Gasteiger partial charge in [0.1, 0.15) is 5.75 Å². The summed E-state index contributed by atoms with van der Waals surface area (Å²) in [7, 11) is 0. The number of aryl methyl sites for hydroxylation is 1. The maximum atomic E-state index is 12.2. The number of benzene rings is 1. The molecule has 0 aliphatic heterocycles. The van der Waals surface area contributed by atoms with Crippen LogP contribution < -0.4 is 0 Å². The van der Waals surface area contributed by atoms with Gasteiger partial charge in [-0.2, -0.15) is 11.8 Å². The van der Waals surface area contributed by atoms with E-state index < -0.39 is 12.2 Å². The highest BCUT2D eigenvalue weighted by atomic mass is 32.2. The van der Waals surface area contributed by atoms with Gasteiger partial charge in [0, 0.05) is 11.5 Å². The molecule has 0 bridgehead atoms. The Hall–Kier alpha value is -1.28. The molecule has 0 aromatic heterocycles. The van der Waals surface area contributed by atoms with Crippen molar-refractivity contribution in [1.29, 1.82) is 0 Å². The van der Waals surface area contributed by atoms with E-state index in [0.29, 0.717) is 24.7 Å². The van der Waals surface area contributed by atoms with E-state index in [2.05, 4.69) is 0 Å². The Bertz CT molecular complexity index is 641. The van der Waals surface area contributed by atoms with Crippen molar-refractivity contribution < 1.29 is 29.6 Å². The Balaban J connectivity index is 2.95. The molecule has 0 heterocycles. The fourth-order valence-corrected chi connectivity index (χ4v) is 3.54. The number of carbonyl (C=O) groups is 1. The lowest BCUT2D eigenvalue weighted by molar-refractivity contribution is -0.147. The topological polar surface area (TPSA) is 96.2 Å². The Morgan fingerprint density at radius 2 is 1.93 bits per heavy atom. The normalized spacial score (nSPS) is 13.9. The number of aliphatic hydroxyl groups excluding tert-OH is 2. The molecular formula is C22H36O6S. The maximum absolute atomic E-state index is 12.2. The molecule has 0 aliphatic rings. The Kier molecular flexibility index (Phi) is 11.0. The highest BCUT2D eigenvalue weighted by molar-refractivity contribution is 7.99. The van der Waals surface area contributed by atoms with Crippen molar-refractivity contribution in [3.8, 4) is 5.75 Å². The van der Waals surface area contributed by atoms with Crippen molar-refractivity contribution in [2.24, 2.45) is 0 Å². The lowest BCUT2D eigenvalue weighted by atomic mass is 9.83. The average Bonchev–Trinajstić information content (AvgIpc) is 2.65. The van der Waals surface area contributed by atoms with E-state index >= 15 is 0 Å². The number of rotatable bonds is 12. The molecule has 1 aromatic rings. The van der Waals surface area contributed by atoms with Crippen LogP contribution >= 0.6 is 11.8 Å². The fourth-order valence-electron chi connectivity index (χ4n) is 2.79. The number of hydrogen-bond donors (Lipinski definition) is 3. The smallest absolute Gasteiger partial charge is 0.308 e. The van der Waals surface area contributed by atoms with Crippen LogP contribution in [0.4, 0.5) is 0 Å². The zero-order chi connectivity index (χ0) is 22.0. The summed E-state index contributed by atoms with van der Waals surface area (Å²) in [6.45, 7) is 10.4. The number of aromatic hydroxyl groups is 1. The molecule has 1 rings (SSSR count). The summed E-state index contributed by atoms with van der Waals surface area (Å²) in [4.78, 5) is 12.2. The second-order valence-electron chi connectivity index (χ2n) is 8.18. The van der Waals surface area contributed by atoms with Gasteiger partial charge in [-0.3, -0.25) is 4.79 Å². The molecule has 2 unspecified atom stereocenters. The number of phenolic OH excluding ortho intramolecular Hbond substituents is 1. The lowest BCUT2D eigenvalue weighted by Gasteiger charge is -2.25. The van der Waals surface area contributed by atoms with E-state index in [1.54, 1.807) is 0 Å². The van der Waals surface area contributed by atoms with Gasteiger partial charge < -0.3 is 24.8 Å². The Labute approximate surface area is 178 Å². The van der Waals surface area contributed by atoms with E-state index in [1.165, 1.54) is 11.8 Å². The van der Waals surface area contributed by atoms with Gasteiger partial charge in [-0.05, 0) is 47.6 Å². The molecule has 0 radical (unpaired) electrons. The number of carbonyl (C=O) groups excluding carboxylic acids is 1. The summed E-state index contributed by atoms with van der Waals surface area (Å²) in [6, 6.07) is 3.76. The van der Waals surface area contributed by atoms with Gasteiger partial charge in [0.15, 0.2) is 0 Å². The van der Waals surface area contributed by atoms with Crippen LogP contribution in [-0.4, -0.2) is 58.7 Å². The minimum absolute atomic E-state index is 0.0950. The Morgan fingerprint density at radius 1 is 1.24 bits per heavy atom. The molecule has 0 fully saturated rings. The fraction of sp³-hybridized carbons (Fsp3) is 0.682. The molecule has 0 saturated carbocycles.